The molecule has 6 nitrogen and oxygen atoms in total. The van der Waals surface area contributed by atoms with E-state index >= 15 is 0 Å². The Morgan fingerprint density at radius 1 is 1.04 bits per heavy atom. The van der Waals surface area contributed by atoms with Crippen LogP contribution < -0.4 is 11.1 Å². The lowest BCUT2D eigenvalue weighted by atomic mass is 10.1. The fourth-order valence-corrected chi connectivity index (χ4v) is 4.01. The maximum Gasteiger partial charge on any atom is 0.251 e. The Balaban J connectivity index is 2.09. The van der Waals surface area contributed by atoms with Crippen molar-refractivity contribution in [3.8, 4) is 0 Å². The van der Waals surface area contributed by atoms with E-state index < -0.39 is 27.7 Å². The van der Waals surface area contributed by atoms with E-state index in [2.05, 4.69) is 5.32 Å². The van der Waals surface area contributed by atoms with Gasteiger partial charge in [-0.25, -0.2) is 8.42 Å². The number of hydrogen-bond acceptors (Lipinski definition) is 4. The molecular weight excluding hydrogens is 352 g/mol. The number of carbonyl (C=O) groups excluding carboxylic acids is 2. The zero-order chi connectivity index (χ0) is 19.3. The van der Waals surface area contributed by atoms with Crippen molar-refractivity contribution in [1.82, 2.24) is 5.32 Å². The second-order valence-electron chi connectivity index (χ2n) is 6.23. The van der Waals surface area contributed by atoms with E-state index in [4.69, 9.17) is 5.73 Å². The molecule has 7 heteroatoms. The summed E-state index contributed by atoms with van der Waals surface area (Å²) in [4.78, 5) is 24.2. The predicted molar refractivity (Wildman–Crippen MR) is 99.5 cm³/mol. The average Bonchev–Trinajstić information content (AvgIpc) is 2.58. The van der Waals surface area contributed by atoms with Gasteiger partial charge < -0.3 is 11.1 Å². The van der Waals surface area contributed by atoms with Crippen LogP contribution in [0.3, 0.4) is 0 Å². The Kier molecular flexibility index (Phi) is 6.15. The van der Waals surface area contributed by atoms with Gasteiger partial charge in [0, 0.05) is 5.56 Å². The molecule has 0 spiro atoms. The maximum absolute atomic E-state index is 12.4. The molecule has 0 aliphatic carbocycles. The minimum Gasteiger partial charge on any atom is -0.368 e. The molecule has 2 rings (SSSR count). The van der Waals surface area contributed by atoms with Gasteiger partial charge in [-0.2, -0.15) is 0 Å². The summed E-state index contributed by atoms with van der Waals surface area (Å²) >= 11 is 0. The first-order valence-corrected chi connectivity index (χ1v) is 9.80. The Labute approximate surface area is 153 Å². The molecule has 0 heterocycles. The Morgan fingerprint density at radius 3 is 2.15 bits per heavy atom. The van der Waals surface area contributed by atoms with E-state index in [-0.39, 0.29) is 17.1 Å². The third kappa shape index (κ3) is 5.16. The summed E-state index contributed by atoms with van der Waals surface area (Å²) in [5, 5.41) is 2.53. The van der Waals surface area contributed by atoms with Gasteiger partial charge in [0.15, 0.2) is 9.84 Å². The highest BCUT2D eigenvalue weighted by Crippen LogP contribution is 2.13. The molecule has 0 unspecified atom stereocenters. The van der Waals surface area contributed by atoms with Crippen LogP contribution in [0.4, 0.5) is 0 Å². The zero-order valence-corrected chi connectivity index (χ0v) is 15.5. The first-order chi connectivity index (χ1) is 12.2. The molecule has 0 aliphatic rings. The van der Waals surface area contributed by atoms with Crippen LogP contribution in [0.2, 0.25) is 0 Å². The third-order valence-corrected chi connectivity index (χ3v) is 5.67. The quantitative estimate of drug-likeness (QED) is 0.770. The molecule has 26 heavy (non-hydrogen) atoms. The van der Waals surface area contributed by atoms with E-state index in [9.17, 15) is 18.0 Å². The van der Waals surface area contributed by atoms with E-state index in [0.29, 0.717) is 5.56 Å². The molecular formula is C19H22N2O4S. The summed E-state index contributed by atoms with van der Waals surface area (Å²) in [5.74, 6) is -1.53. The Bertz CT molecular complexity index is 888. The number of nitrogens with one attached hydrogen (secondary N) is 1. The highest BCUT2D eigenvalue weighted by Gasteiger charge is 2.23. The van der Waals surface area contributed by atoms with Crippen molar-refractivity contribution in [1.29, 1.82) is 0 Å². The normalized spacial score (nSPS) is 12.4. The van der Waals surface area contributed by atoms with E-state index in [1.54, 1.807) is 30.3 Å². The maximum atomic E-state index is 12.4. The van der Waals surface area contributed by atoms with Gasteiger partial charge in [-0.1, -0.05) is 35.4 Å². The second kappa shape index (κ2) is 8.14. The predicted octanol–water partition coefficient (Wildman–Crippen LogP) is 1.75. The highest BCUT2D eigenvalue weighted by molar-refractivity contribution is 7.91. The Hall–Kier alpha value is -2.67. The molecule has 0 aromatic heterocycles. The minimum absolute atomic E-state index is 0.0941. The molecule has 138 valence electrons. The van der Waals surface area contributed by atoms with Crippen molar-refractivity contribution in [2.24, 2.45) is 5.73 Å². The lowest BCUT2D eigenvalue weighted by Gasteiger charge is -2.16. The summed E-state index contributed by atoms with van der Waals surface area (Å²) in [6.07, 6.45) is -0.0941. The van der Waals surface area contributed by atoms with Crippen LogP contribution in [-0.4, -0.2) is 32.0 Å². The van der Waals surface area contributed by atoms with Crippen molar-refractivity contribution in [3.63, 3.8) is 0 Å². The zero-order valence-electron chi connectivity index (χ0n) is 14.7. The van der Waals surface area contributed by atoms with Gasteiger partial charge >= 0.3 is 0 Å². The van der Waals surface area contributed by atoms with E-state index in [1.165, 1.54) is 12.1 Å². The average molecular weight is 374 g/mol. The third-order valence-electron chi connectivity index (χ3n) is 3.91. The van der Waals surface area contributed by atoms with Crippen LogP contribution >= 0.6 is 0 Å². The number of rotatable bonds is 7. The summed E-state index contributed by atoms with van der Waals surface area (Å²) in [6, 6.07) is 12.2. The largest absolute Gasteiger partial charge is 0.368 e. The Morgan fingerprint density at radius 2 is 1.62 bits per heavy atom. The smallest absolute Gasteiger partial charge is 0.251 e. The van der Waals surface area contributed by atoms with Crippen LogP contribution in [0.15, 0.2) is 53.4 Å². The van der Waals surface area contributed by atoms with Gasteiger partial charge in [-0.3, -0.25) is 9.59 Å². The van der Waals surface area contributed by atoms with Crippen molar-refractivity contribution >= 4 is 21.7 Å². The number of carbonyl (C=O) groups is 2. The van der Waals surface area contributed by atoms with Crippen LogP contribution in [0, 0.1) is 13.8 Å². The van der Waals surface area contributed by atoms with Gasteiger partial charge in [0.1, 0.15) is 6.04 Å². The van der Waals surface area contributed by atoms with Gasteiger partial charge in [-0.05, 0) is 44.5 Å². The summed E-state index contributed by atoms with van der Waals surface area (Å²) < 4.78 is 24.7. The molecule has 0 bridgehead atoms. The standard InChI is InChI=1S/C19H22N2O4S/c1-13-10-14(2)12-15(11-13)19(23)21-17(18(20)22)8-9-26(24,25)16-6-4-3-5-7-16/h3-7,10-12,17H,8-9H2,1-2H3,(H2,20,22)(H,21,23)/t17-/m0/s1. The second-order valence-corrected chi connectivity index (χ2v) is 8.33. The van der Waals surface area contributed by atoms with Gasteiger partial charge in [-0.15, -0.1) is 0 Å². The number of nitrogens with two attached hydrogens (primary N) is 1. The van der Waals surface area contributed by atoms with E-state index in [0.717, 1.165) is 11.1 Å². The number of aryl methyl sites for hydroxylation is 2. The van der Waals surface area contributed by atoms with E-state index in [1.807, 2.05) is 19.9 Å². The number of amides is 2. The topological polar surface area (TPSA) is 106 Å². The molecule has 3 N–H and O–H groups in total. The van der Waals surface area contributed by atoms with Crippen LogP contribution in [-0.2, 0) is 14.6 Å². The minimum atomic E-state index is -3.56. The molecule has 2 amide bonds. The first kappa shape index (κ1) is 19.7. The molecule has 1 atom stereocenters. The van der Waals surface area contributed by atoms with Crippen molar-refractivity contribution < 1.29 is 18.0 Å². The molecule has 0 saturated heterocycles. The van der Waals surface area contributed by atoms with Crippen molar-refractivity contribution in [2.75, 3.05) is 5.75 Å². The van der Waals surface area contributed by atoms with Crippen LogP contribution in [0.1, 0.15) is 27.9 Å². The first-order valence-electron chi connectivity index (χ1n) is 8.15. The lowest BCUT2D eigenvalue weighted by Crippen LogP contribution is -2.45. The fourth-order valence-electron chi connectivity index (χ4n) is 2.65. The van der Waals surface area contributed by atoms with Crippen LogP contribution in [0.5, 0.6) is 0 Å². The molecule has 2 aromatic rings. The fraction of sp³-hybridized carbons (Fsp3) is 0.263. The summed E-state index contributed by atoms with van der Waals surface area (Å²) in [5.41, 5.74) is 7.57. The lowest BCUT2D eigenvalue weighted by molar-refractivity contribution is -0.119. The molecule has 0 saturated carbocycles. The molecule has 0 aliphatic heterocycles. The van der Waals surface area contributed by atoms with Gasteiger partial charge in [0.05, 0.1) is 10.6 Å². The van der Waals surface area contributed by atoms with Gasteiger partial charge in [0.25, 0.3) is 5.91 Å². The number of benzene rings is 2. The van der Waals surface area contributed by atoms with Crippen molar-refractivity contribution in [3.05, 3.63) is 65.2 Å². The molecule has 0 radical (unpaired) electrons. The molecule has 2 aromatic carbocycles. The van der Waals surface area contributed by atoms with Crippen LogP contribution in [0.25, 0.3) is 0 Å². The summed E-state index contributed by atoms with van der Waals surface area (Å²) in [6.45, 7) is 3.73. The monoisotopic (exact) mass is 374 g/mol. The number of hydrogen-bond donors (Lipinski definition) is 2. The highest BCUT2D eigenvalue weighted by atomic mass is 32.2. The SMILES string of the molecule is Cc1cc(C)cc(C(=O)N[C@@H](CCS(=O)(=O)c2ccccc2)C(N)=O)c1. The molecule has 0 fully saturated rings. The van der Waals surface area contributed by atoms with Gasteiger partial charge in [0.2, 0.25) is 5.91 Å². The number of primary amides is 1. The number of sulfone groups is 1. The van der Waals surface area contributed by atoms with Crippen molar-refractivity contribution in [2.45, 2.75) is 31.2 Å². The summed E-state index contributed by atoms with van der Waals surface area (Å²) in [7, 11) is -3.56.